The van der Waals surface area contributed by atoms with Crippen LogP contribution in [0.15, 0.2) is 22.7 Å². The molecule has 1 atom stereocenters. The van der Waals surface area contributed by atoms with Crippen molar-refractivity contribution in [1.29, 1.82) is 0 Å². The second-order valence-electron chi connectivity index (χ2n) is 4.64. The highest BCUT2D eigenvalue weighted by molar-refractivity contribution is 9.10. The molecular formula is C13H16BrClN2O. The van der Waals surface area contributed by atoms with Crippen molar-refractivity contribution in [2.75, 3.05) is 19.6 Å². The van der Waals surface area contributed by atoms with Gasteiger partial charge >= 0.3 is 0 Å². The van der Waals surface area contributed by atoms with E-state index in [4.69, 9.17) is 17.3 Å². The monoisotopic (exact) mass is 330 g/mol. The number of nitrogens with two attached hydrogens (primary N) is 1. The van der Waals surface area contributed by atoms with Crippen molar-refractivity contribution in [1.82, 2.24) is 4.90 Å². The summed E-state index contributed by atoms with van der Waals surface area (Å²) >= 11 is 9.31. The largest absolute Gasteiger partial charge is 0.342 e. The Bertz CT molecular complexity index is 453. The third-order valence-corrected chi connectivity index (χ3v) is 4.30. The topological polar surface area (TPSA) is 46.3 Å². The van der Waals surface area contributed by atoms with Gasteiger partial charge in [0, 0.05) is 22.6 Å². The van der Waals surface area contributed by atoms with Gasteiger partial charge in [0.1, 0.15) is 0 Å². The van der Waals surface area contributed by atoms with Crippen LogP contribution in [-0.2, 0) is 11.2 Å². The van der Waals surface area contributed by atoms with E-state index in [1.165, 1.54) is 0 Å². The molecule has 0 aliphatic carbocycles. The Hall–Kier alpha value is -0.580. The van der Waals surface area contributed by atoms with Gasteiger partial charge in [-0.2, -0.15) is 0 Å². The lowest BCUT2D eigenvalue weighted by molar-refractivity contribution is -0.129. The molecule has 18 heavy (non-hydrogen) atoms. The first-order valence-electron chi connectivity index (χ1n) is 6.02. The van der Waals surface area contributed by atoms with Crippen molar-refractivity contribution in [3.63, 3.8) is 0 Å². The molecule has 1 saturated heterocycles. The molecule has 1 amide bonds. The van der Waals surface area contributed by atoms with Crippen LogP contribution >= 0.6 is 27.5 Å². The Morgan fingerprint density at radius 2 is 2.33 bits per heavy atom. The molecule has 1 fully saturated rings. The first-order valence-corrected chi connectivity index (χ1v) is 7.19. The van der Waals surface area contributed by atoms with Crippen molar-refractivity contribution in [2.24, 2.45) is 11.7 Å². The van der Waals surface area contributed by atoms with E-state index >= 15 is 0 Å². The van der Waals surface area contributed by atoms with Crippen LogP contribution in [-0.4, -0.2) is 30.4 Å². The molecule has 98 valence electrons. The summed E-state index contributed by atoms with van der Waals surface area (Å²) in [4.78, 5) is 14.0. The number of halogens is 2. The van der Waals surface area contributed by atoms with Crippen molar-refractivity contribution in [3.8, 4) is 0 Å². The van der Waals surface area contributed by atoms with Crippen LogP contribution in [0.3, 0.4) is 0 Å². The Balaban J connectivity index is 1.99. The lowest BCUT2D eigenvalue weighted by atomic mass is 10.1. The molecule has 1 heterocycles. The lowest BCUT2D eigenvalue weighted by Crippen LogP contribution is -2.31. The van der Waals surface area contributed by atoms with Crippen LogP contribution in [0.1, 0.15) is 12.0 Å². The number of carbonyl (C=O) groups excluding carboxylic acids is 1. The summed E-state index contributed by atoms with van der Waals surface area (Å²) in [5.41, 5.74) is 6.60. The number of hydrogen-bond acceptors (Lipinski definition) is 2. The quantitative estimate of drug-likeness (QED) is 0.925. The minimum absolute atomic E-state index is 0.161. The summed E-state index contributed by atoms with van der Waals surface area (Å²) in [6.07, 6.45) is 1.43. The highest BCUT2D eigenvalue weighted by Gasteiger charge is 2.25. The Labute approximate surface area is 120 Å². The molecule has 0 spiro atoms. The van der Waals surface area contributed by atoms with Crippen molar-refractivity contribution < 1.29 is 4.79 Å². The van der Waals surface area contributed by atoms with Crippen molar-refractivity contribution >= 4 is 33.4 Å². The molecule has 3 nitrogen and oxygen atoms in total. The third kappa shape index (κ3) is 3.25. The number of nitrogens with zero attached hydrogens (tertiary/aromatic N) is 1. The van der Waals surface area contributed by atoms with Gasteiger partial charge in [0.25, 0.3) is 0 Å². The van der Waals surface area contributed by atoms with E-state index in [-0.39, 0.29) is 5.91 Å². The summed E-state index contributed by atoms with van der Waals surface area (Å²) in [5.74, 6) is 0.622. The van der Waals surface area contributed by atoms with Crippen molar-refractivity contribution in [2.45, 2.75) is 12.8 Å². The maximum absolute atomic E-state index is 12.1. The normalized spacial score (nSPS) is 19.3. The highest BCUT2D eigenvalue weighted by Crippen LogP contribution is 2.23. The van der Waals surface area contributed by atoms with Gasteiger partial charge in [-0.05, 0) is 36.6 Å². The van der Waals surface area contributed by atoms with Gasteiger partial charge in [-0.1, -0.05) is 33.6 Å². The van der Waals surface area contributed by atoms with E-state index in [1.54, 1.807) is 0 Å². The van der Waals surface area contributed by atoms with E-state index < -0.39 is 0 Å². The predicted octanol–water partition coefficient (Wildman–Crippen LogP) is 2.45. The van der Waals surface area contributed by atoms with E-state index in [1.807, 2.05) is 23.1 Å². The molecule has 2 N–H and O–H groups in total. The van der Waals surface area contributed by atoms with Crippen LogP contribution in [0.25, 0.3) is 0 Å². The maximum Gasteiger partial charge on any atom is 0.227 e. The molecule has 0 unspecified atom stereocenters. The molecule has 5 heteroatoms. The van der Waals surface area contributed by atoms with E-state index in [0.29, 0.717) is 23.9 Å². The minimum atomic E-state index is 0.161. The van der Waals surface area contributed by atoms with Gasteiger partial charge in [0.2, 0.25) is 5.91 Å². The molecule has 1 aliphatic heterocycles. The van der Waals surface area contributed by atoms with E-state index in [0.717, 1.165) is 29.5 Å². The summed E-state index contributed by atoms with van der Waals surface area (Å²) in [7, 11) is 0. The van der Waals surface area contributed by atoms with E-state index in [9.17, 15) is 4.79 Å². The second-order valence-corrected chi connectivity index (χ2v) is 5.93. The number of likely N-dealkylation sites (tertiary alicyclic amines) is 1. The smallest absolute Gasteiger partial charge is 0.227 e. The third-order valence-electron chi connectivity index (χ3n) is 3.33. The zero-order valence-corrected chi connectivity index (χ0v) is 12.4. The average Bonchev–Trinajstić information content (AvgIpc) is 2.81. The summed E-state index contributed by atoms with van der Waals surface area (Å²) in [6.45, 7) is 2.28. The van der Waals surface area contributed by atoms with Crippen LogP contribution in [0.4, 0.5) is 0 Å². The van der Waals surface area contributed by atoms with Crippen LogP contribution < -0.4 is 5.73 Å². The average molecular weight is 332 g/mol. The SMILES string of the molecule is NC[C@@H]1CCN(C(=O)Cc2ccc(Cl)cc2Br)C1. The Kier molecular flexibility index (Phi) is 4.65. The molecule has 0 bridgehead atoms. The Morgan fingerprint density at radius 3 is 2.94 bits per heavy atom. The number of amides is 1. The Morgan fingerprint density at radius 1 is 1.56 bits per heavy atom. The van der Waals surface area contributed by atoms with Gasteiger partial charge in [-0.3, -0.25) is 4.79 Å². The molecule has 2 rings (SSSR count). The van der Waals surface area contributed by atoms with Gasteiger partial charge in [-0.25, -0.2) is 0 Å². The summed E-state index contributed by atoms with van der Waals surface area (Å²) < 4.78 is 0.887. The first kappa shape index (κ1) is 13.8. The zero-order chi connectivity index (χ0) is 13.1. The van der Waals surface area contributed by atoms with Crippen molar-refractivity contribution in [3.05, 3.63) is 33.3 Å². The maximum atomic E-state index is 12.1. The standard InChI is InChI=1S/C13H16BrClN2O/c14-12-6-11(15)2-1-10(12)5-13(18)17-4-3-9(7-16)8-17/h1-2,6,9H,3-5,7-8,16H2/t9-/m0/s1. The zero-order valence-electron chi connectivity index (χ0n) is 10.0. The van der Waals surface area contributed by atoms with Crippen LogP contribution in [0.5, 0.6) is 0 Å². The second kappa shape index (κ2) is 6.04. The summed E-state index contributed by atoms with van der Waals surface area (Å²) in [5, 5.41) is 0.669. The lowest BCUT2D eigenvalue weighted by Gasteiger charge is -2.16. The first-order chi connectivity index (χ1) is 8.60. The highest BCUT2D eigenvalue weighted by atomic mass is 79.9. The number of carbonyl (C=O) groups is 1. The molecular weight excluding hydrogens is 316 g/mol. The van der Waals surface area contributed by atoms with Crippen LogP contribution in [0, 0.1) is 5.92 Å². The van der Waals surface area contributed by atoms with Gasteiger partial charge in [0.15, 0.2) is 0 Å². The number of benzene rings is 1. The van der Waals surface area contributed by atoms with Gasteiger partial charge in [-0.15, -0.1) is 0 Å². The van der Waals surface area contributed by atoms with E-state index in [2.05, 4.69) is 15.9 Å². The fourth-order valence-electron chi connectivity index (χ4n) is 2.19. The van der Waals surface area contributed by atoms with Crippen LogP contribution in [0.2, 0.25) is 5.02 Å². The van der Waals surface area contributed by atoms with Gasteiger partial charge in [0.05, 0.1) is 6.42 Å². The molecule has 0 radical (unpaired) electrons. The molecule has 0 aromatic heterocycles. The predicted molar refractivity (Wildman–Crippen MR) is 76.6 cm³/mol. The molecule has 1 aliphatic rings. The molecule has 1 aromatic carbocycles. The van der Waals surface area contributed by atoms with Gasteiger partial charge < -0.3 is 10.6 Å². The number of rotatable bonds is 3. The summed E-state index contributed by atoms with van der Waals surface area (Å²) in [6, 6.07) is 5.51. The molecule has 0 saturated carbocycles. The minimum Gasteiger partial charge on any atom is -0.342 e. The molecule has 1 aromatic rings. The fraction of sp³-hybridized carbons (Fsp3) is 0.462. The number of hydrogen-bond donors (Lipinski definition) is 1. The fourth-order valence-corrected chi connectivity index (χ4v) is 3.01.